The lowest BCUT2D eigenvalue weighted by Crippen LogP contribution is -2.35. The molecule has 0 unspecified atom stereocenters. The first kappa shape index (κ1) is 19.1. The molecule has 1 aliphatic carbocycles. The molecule has 4 heteroatoms. The molecule has 3 rings (SSSR count). The number of carbonyl (C=O) groups is 1. The van der Waals surface area contributed by atoms with Crippen molar-refractivity contribution in [2.45, 2.75) is 70.8 Å². The smallest absolute Gasteiger partial charge is 0.221 e. The first-order valence-corrected chi connectivity index (χ1v) is 10.6. The van der Waals surface area contributed by atoms with Crippen molar-refractivity contribution in [3.63, 3.8) is 0 Å². The summed E-state index contributed by atoms with van der Waals surface area (Å²) in [6.07, 6.45) is 10.6. The van der Waals surface area contributed by atoms with Gasteiger partial charge < -0.3 is 15.5 Å². The Morgan fingerprint density at radius 2 is 1.65 bits per heavy atom. The zero-order valence-corrected chi connectivity index (χ0v) is 16.3. The van der Waals surface area contributed by atoms with Crippen LogP contribution in [0.15, 0.2) is 24.3 Å². The third-order valence-electron chi connectivity index (χ3n) is 5.92. The van der Waals surface area contributed by atoms with E-state index in [1.54, 1.807) is 0 Å². The highest BCUT2D eigenvalue weighted by atomic mass is 16.1. The summed E-state index contributed by atoms with van der Waals surface area (Å²) < 4.78 is 0. The number of rotatable bonds is 6. The van der Waals surface area contributed by atoms with Gasteiger partial charge in [0.25, 0.3) is 0 Å². The number of hydrogen-bond acceptors (Lipinski definition) is 3. The fraction of sp³-hybridized carbons (Fsp3) is 0.682. The molecule has 0 radical (unpaired) electrons. The summed E-state index contributed by atoms with van der Waals surface area (Å²) in [5, 5.41) is 6.60. The van der Waals surface area contributed by atoms with Gasteiger partial charge in [-0.05, 0) is 55.9 Å². The van der Waals surface area contributed by atoms with E-state index in [0.29, 0.717) is 19.0 Å². The van der Waals surface area contributed by atoms with E-state index in [9.17, 15) is 4.79 Å². The van der Waals surface area contributed by atoms with Gasteiger partial charge in [-0.15, -0.1) is 0 Å². The minimum atomic E-state index is 0.184. The molecule has 1 saturated carbocycles. The number of benzene rings is 1. The second-order valence-corrected chi connectivity index (χ2v) is 8.15. The molecule has 4 nitrogen and oxygen atoms in total. The minimum absolute atomic E-state index is 0.184. The van der Waals surface area contributed by atoms with Crippen LogP contribution in [0.5, 0.6) is 0 Å². The molecule has 26 heavy (non-hydrogen) atoms. The molecule has 0 spiro atoms. The van der Waals surface area contributed by atoms with E-state index in [1.165, 1.54) is 44.2 Å². The zero-order chi connectivity index (χ0) is 18.2. The summed E-state index contributed by atoms with van der Waals surface area (Å²) in [5.74, 6) is 1.04. The predicted octanol–water partition coefficient (Wildman–Crippen LogP) is 4.56. The predicted molar refractivity (Wildman–Crippen MR) is 110 cm³/mol. The summed E-state index contributed by atoms with van der Waals surface area (Å²) in [7, 11) is 0. The lowest BCUT2D eigenvalue weighted by atomic mass is 9.99. The Balaban J connectivity index is 1.37. The van der Waals surface area contributed by atoms with Crippen LogP contribution in [0.4, 0.5) is 11.4 Å². The number of piperidine rings is 1. The maximum atomic E-state index is 12.1. The third-order valence-corrected chi connectivity index (χ3v) is 5.92. The number of carbonyl (C=O) groups excluding carboxylic acids is 1. The van der Waals surface area contributed by atoms with E-state index in [-0.39, 0.29) is 5.91 Å². The fourth-order valence-electron chi connectivity index (χ4n) is 4.10. The van der Waals surface area contributed by atoms with Crippen LogP contribution < -0.4 is 15.5 Å². The topological polar surface area (TPSA) is 44.4 Å². The maximum Gasteiger partial charge on any atom is 0.221 e. The average molecular weight is 358 g/mol. The SMILES string of the molecule is CC1CCN(c2ccc(NCCC(=O)NC3CCCCCC3)cc2)CC1. The van der Waals surface area contributed by atoms with Gasteiger partial charge in [-0.1, -0.05) is 32.6 Å². The average Bonchev–Trinajstić information content (AvgIpc) is 2.92. The molecule has 1 aromatic carbocycles. The Morgan fingerprint density at radius 3 is 2.31 bits per heavy atom. The van der Waals surface area contributed by atoms with Crippen LogP contribution in [-0.2, 0) is 4.79 Å². The summed E-state index contributed by atoms with van der Waals surface area (Å²) in [6.45, 7) is 5.36. The van der Waals surface area contributed by atoms with Crippen LogP contribution >= 0.6 is 0 Å². The lowest BCUT2D eigenvalue weighted by Gasteiger charge is -2.32. The van der Waals surface area contributed by atoms with Gasteiger partial charge in [0.05, 0.1) is 0 Å². The van der Waals surface area contributed by atoms with E-state index in [4.69, 9.17) is 0 Å². The van der Waals surface area contributed by atoms with E-state index in [2.05, 4.69) is 46.7 Å². The Hall–Kier alpha value is -1.71. The lowest BCUT2D eigenvalue weighted by molar-refractivity contribution is -0.121. The second-order valence-electron chi connectivity index (χ2n) is 8.15. The van der Waals surface area contributed by atoms with Gasteiger partial charge in [0, 0.05) is 43.5 Å². The highest BCUT2D eigenvalue weighted by Crippen LogP contribution is 2.24. The molecule has 0 aromatic heterocycles. The molecule has 144 valence electrons. The number of nitrogens with one attached hydrogen (secondary N) is 2. The molecular formula is C22H35N3O. The zero-order valence-electron chi connectivity index (χ0n) is 16.3. The molecule has 0 bridgehead atoms. The Bertz CT molecular complexity index is 541. The monoisotopic (exact) mass is 357 g/mol. The number of hydrogen-bond donors (Lipinski definition) is 2. The van der Waals surface area contributed by atoms with Crippen molar-refractivity contribution in [2.24, 2.45) is 5.92 Å². The van der Waals surface area contributed by atoms with Crippen LogP contribution in [-0.4, -0.2) is 31.6 Å². The molecule has 2 aliphatic rings. The van der Waals surface area contributed by atoms with Crippen LogP contribution in [0, 0.1) is 5.92 Å². The van der Waals surface area contributed by atoms with Gasteiger partial charge in [0.2, 0.25) is 5.91 Å². The largest absolute Gasteiger partial charge is 0.385 e. The first-order valence-electron chi connectivity index (χ1n) is 10.6. The summed E-state index contributed by atoms with van der Waals surface area (Å²) in [5.41, 5.74) is 2.41. The molecule has 1 heterocycles. The summed E-state index contributed by atoms with van der Waals surface area (Å²) >= 11 is 0. The van der Waals surface area contributed by atoms with Crippen molar-refractivity contribution in [2.75, 3.05) is 29.9 Å². The van der Waals surface area contributed by atoms with Crippen molar-refractivity contribution in [1.29, 1.82) is 0 Å². The highest BCUT2D eigenvalue weighted by molar-refractivity contribution is 5.76. The fourth-order valence-corrected chi connectivity index (χ4v) is 4.10. The van der Waals surface area contributed by atoms with Crippen LogP contribution in [0.25, 0.3) is 0 Å². The standard InChI is InChI=1S/C22H35N3O/c1-18-13-16-25(17-14-18)21-10-8-19(9-11-21)23-15-12-22(26)24-20-6-4-2-3-5-7-20/h8-11,18,20,23H,2-7,12-17H2,1H3,(H,24,26). The van der Waals surface area contributed by atoms with Crippen molar-refractivity contribution >= 4 is 17.3 Å². The highest BCUT2D eigenvalue weighted by Gasteiger charge is 2.16. The van der Waals surface area contributed by atoms with Crippen LogP contribution in [0.2, 0.25) is 0 Å². The minimum Gasteiger partial charge on any atom is -0.385 e. The van der Waals surface area contributed by atoms with E-state index in [1.807, 2.05) is 0 Å². The number of amides is 1. The van der Waals surface area contributed by atoms with Crippen molar-refractivity contribution in [3.05, 3.63) is 24.3 Å². The van der Waals surface area contributed by atoms with Crippen LogP contribution in [0.3, 0.4) is 0 Å². The molecule has 2 N–H and O–H groups in total. The van der Waals surface area contributed by atoms with Gasteiger partial charge in [-0.25, -0.2) is 0 Å². The summed E-state index contributed by atoms with van der Waals surface area (Å²) in [4.78, 5) is 14.6. The molecular weight excluding hydrogens is 322 g/mol. The third kappa shape index (κ3) is 5.93. The molecule has 1 amide bonds. The van der Waals surface area contributed by atoms with Gasteiger partial charge in [0.1, 0.15) is 0 Å². The van der Waals surface area contributed by atoms with Crippen molar-refractivity contribution in [1.82, 2.24) is 5.32 Å². The molecule has 0 atom stereocenters. The van der Waals surface area contributed by atoms with E-state index in [0.717, 1.165) is 37.5 Å². The quantitative estimate of drug-likeness (QED) is 0.733. The van der Waals surface area contributed by atoms with Gasteiger partial charge in [-0.3, -0.25) is 4.79 Å². The molecule has 1 saturated heterocycles. The van der Waals surface area contributed by atoms with Crippen molar-refractivity contribution in [3.8, 4) is 0 Å². The van der Waals surface area contributed by atoms with E-state index >= 15 is 0 Å². The van der Waals surface area contributed by atoms with Crippen LogP contribution in [0.1, 0.15) is 64.7 Å². The Kier molecular flexibility index (Phi) is 7.22. The molecule has 1 aliphatic heterocycles. The van der Waals surface area contributed by atoms with Crippen molar-refractivity contribution < 1.29 is 4.79 Å². The van der Waals surface area contributed by atoms with Gasteiger partial charge in [0.15, 0.2) is 0 Å². The molecule has 2 fully saturated rings. The summed E-state index contributed by atoms with van der Waals surface area (Å²) in [6, 6.07) is 9.07. The Morgan fingerprint density at radius 1 is 1.00 bits per heavy atom. The Labute approximate surface area is 158 Å². The second kappa shape index (κ2) is 9.84. The number of anilines is 2. The normalized spacial score (nSPS) is 19.8. The van der Waals surface area contributed by atoms with Gasteiger partial charge in [-0.2, -0.15) is 0 Å². The maximum absolute atomic E-state index is 12.1. The first-order chi connectivity index (χ1) is 12.7. The number of nitrogens with zero attached hydrogens (tertiary/aromatic N) is 1. The molecule has 1 aromatic rings. The van der Waals surface area contributed by atoms with E-state index < -0.39 is 0 Å². The van der Waals surface area contributed by atoms with Gasteiger partial charge >= 0.3 is 0 Å².